The molecule has 1 unspecified atom stereocenters. The van der Waals surface area contributed by atoms with Gasteiger partial charge < -0.3 is 14.2 Å². The minimum absolute atomic E-state index is 0.208. The first kappa shape index (κ1) is 20.7. The van der Waals surface area contributed by atoms with Crippen LogP contribution >= 0.6 is 11.6 Å². The van der Waals surface area contributed by atoms with Crippen LogP contribution in [0, 0.1) is 0 Å². The van der Waals surface area contributed by atoms with Crippen molar-refractivity contribution in [2.75, 3.05) is 20.2 Å². The lowest BCUT2D eigenvalue weighted by atomic mass is 10.2. The number of carbonyl (C=O) groups excluding carboxylic acids is 1. The quantitative estimate of drug-likeness (QED) is 0.598. The maximum atomic E-state index is 12.8. The lowest BCUT2D eigenvalue weighted by Crippen LogP contribution is -2.39. The molecule has 0 spiro atoms. The number of halogens is 1. The number of benzene rings is 1. The van der Waals surface area contributed by atoms with Gasteiger partial charge >= 0.3 is 5.69 Å². The SMILES string of the molecule is CC(C(=O)N(C)CCOc1ccc(Cl)cc1)n1cnc2c1c(=O)n(C)c(=O)n2C. The fourth-order valence-electron chi connectivity index (χ4n) is 3.04. The smallest absolute Gasteiger partial charge is 0.332 e. The van der Waals surface area contributed by atoms with E-state index in [1.165, 1.54) is 34.5 Å². The Morgan fingerprint density at radius 2 is 1.86 bits per heavy atom. The van der Waals surface area contributed by atoms with Gasteiger partial charge in [0.2, 0.25) is 5.91 Å². The third-order valence-corrected chi connectivity index (χ3v) is 5.09. The fourth-order valence-corrected chi connectivity index (χ4v) is 3.16. The van der Waals surface area contributed by atoms with E-state index < -0.39 is 17.3 Å². The average molecular weight is 420 g/mol. The molecule has 1 aromatic carbocycles. The van der Waals surface area contributed by atoms with Crippen molar-refractivity contribution in [3.05, 3.63) is 56.5 Å². The molecule has 1 amide bonds. The van der Waals surface area contributed by atoms with Crippen molar-refractivity contribution in [1.29, 1.82) is 0 Å². The van der Waals surface area contributed by atoms with Gasteiger partial charge in [-0.05, 0) is 31.2 Å². The largest absolute Gasteiger partial charge is 0.492 e. The van der Waals surface area contributed by atoms with Crippen LogP contribution in [0.1, 0.15) is 13.0 Å². The molecule has 0 fully saturated rings. The van der Waals surface area contributed by atoms with Gasteiger partial charge in [-0.3, -0.25) is 18.7 Å². The highest BCUT2D eigenvalue weighted by molar-refractivity contribution is 6.30. The van der Waals surface area contributed by atoms with Gasteiger partial charge in [-0.1, -0.05) is 11.6 Å². The van der Waals surface area contributed by atoms with E-state index in [-0.39, 0.29) is 17.1 Å². The van der Waals surface area contributed by atoms with Crippen molar-refractivity contribution in [2.24, 2.45) is 14.1 Å². The van der Waals surface area contributed by atoms with E-state index in [1.54, 1.807) is 38.2 Å². The van der Waals surface area contributed by atoms with Crippen LogP contribution in [-0.4, -0.2) is 49.7 Å². The van der Waals surface area contributed by atoms with Crippen molar-refractivity contribution in [3.63, 3.8) is 0 Å². The number of aromatic nitrogens is 4. The van der Waals surface area contributed by atoms with Crippen LogP contribution in [0.15, 0.2) is 40.2 Å². The van der Waals surface area contributed by atoms with Crippen LogP contribution in [0.2, 0.25) is 5.02 Å². The molecular weight excluding hydrogens is 398 g/mol. The van der Waals surface area contributed by atoms with Crippen LogP contribution in [-0.2, 0) is 18.9 Å². The summed E-state index contributed by atoms with van der Waals surface area (Å²) < 4.78 is 9.41. The lowest BCUT2D eigenvalue weighted by molar-refractivity contribution is -0.133. The Balaban J connectivity index is 1.75. The zero-order chi connectivity index (χ0) is 21.3. The Morgan fingerprint density at radius 3 is 2.52 bits per heavy atom. The van der Waals surface area contributed by atoms with Crippen LogP contribution in [0.3, 0.4) is 0 Å². The molecule has 1 atom stereocenters. The van der Waals surface area contributed by atoms with Crippen LogP contribution in [0.4, 0.5) is 0 Å². The first-order valence-electron chi connectivity index (χ1n) is 8.98. The number of hydrogen-bond donors (Lipinski definition) is 0. The first-order chi connectivity index (χ1) is 13.7. The molecule has 3 rings (SSSR count). The second-order valence-corrected chi connectivity index (χ2v) is 7.20. The fraction of sp³-hybridized carbons (Fsp3) is 0.368. The highest BCUT2D eigenvalue weighted by Crippen LogP contribution is 2.17. The standard InChI is InChI=1S/C19H22ClN5O4/c1-12(17(26)22(2)9-10-29-14-7-5-13(20)6-8-14)25-11-21-16-15(25)18(27)24(4)19(28)23(16)3/h5-8,11-12H,9-10H2,1-4H3. The molecule has 0 aliphatic rings. The van der Waals surface area contributed by atoms with Crippen LogP contribution in [0.5, 0.6) is 5.75 Å². The van der Waals surface area contributed by atoms with Gasteiger partial charge in [0, 0.05) is 26.2 Å². The Kier molecular flexibility index (Phi) is 5.78. The lowest BCUT2D eigenvalue weighted by Gasteiger charge is -2.22. The molecule has 0 aliphatic carbocycles. The second kappa shape index (κ2) is 8.12. The number of ether oxygens (including phenoxy) is 1. The number of nitrogens with zero attached hydrogens (tertiary/aromatic N) is 5. The van der Waals surface area contributed by atoms with E-state index in [0.717, 1.165) is 4.57 Å². The Morgan fingerprint density at radius 1 is 1.21 bits per heavy atom. The Bertz CT molecular complexity index is 1160. The summed E-state index contributed by atoms with van der Waals surface area (Å²) in [5, 5.41) is 0.620. The molecular formula is C19H22ClN5O4. The number of carbonyl (C=O) groups is 1. The number of rotatable bonds is 6. The first-order valence-corrected chi connectivity index (χ1v) is 9.36. The molecule has 29 heavy (non-hydrogen) atoms. The summed E-state index contributed by atoms with van der Waals surface area (Å²) >= 11 is 5.84. The molecule has 2 aromatic heterocycles. The van der Waals surface area contributed by atoms with E-state index in [2.05, 4.69) is 4.98 Å². The molecule has 0 saturated carbocycles. The van der Waals surface area contributed by atoms with Gasteiger partial charge in [-0.15, -0.1) is 0 Å². The van der Waals surface area contributed by atoms with Gasteiger partial charge in [0.1, 0.15) is 18.4 Å². The minimum Gasteiger partial charge on any atom is -0.492 e. The molecule has 0 bridgehead atoms. The summed E-state index contributed by atoms with van der Waals surface area (Å²) in [5.74, 6) is 0.452. The summed E-state index contributed by atoms with van der Waals surface area (Å²) in [7, 11) is 4.60. The Hall–Kier alpha value is -3.07. The van der Waals surface area contributed by atoms with Gasteiger partial charge in [0.15, 0.2) is 11.2 Å². The normalized spacial score (nSPS) is 12.2. The van der Waals surface area contributed by atoms with E-state index in [0.29, 0.717) is 23.9 Å². The molecule has 0 saturated heterocycles. The van der Waals surface area contributed by atoms with E-state index >= 15 is 0 Å². The minimum atomic E-state index is -0.675. The molecule has 3 aromatic rings. The van der Waals surface area contributed by atoms with Crippen molar-refractivity contribution < 1.29 is 9.53 Å². The molecule has 0 radical (unpaired) electrons. The van der Waals surface area contributed by atoms with Gasteiger partial charge in [0.25, 0.3) is 5.56 Å². The van der Waals surface area contributed by atoms with Gasteiger partial charge in [-0.25, -0.2) is 9.78 Å². The molecule has 2 heterocycles. The number of fused-ring (bicyclic) bond motifs is 1. The van der Waals surface area contributed by atoms with Crippen molar-refractivity contribution in [2.45, 2.75) is 13.0 Å². The third kappa shape index (κ3) is 3.91. The predicted molar refractivity (Wildman–Crippen MR) is 110 cm³/mol. The molecule has 154 valence electrons. The van der Waals surface area contributed by atoms with E-state index in [4.69, 9.17) is 16.3 Å². The van der Waals surface area contributed by atoms with E-state index in [9.17, 15) is 14.4 Å². The predicted octanol–water partition coefficient (Wildman–Crippen LogP) is 1.19. The monoisotopic (exact) mass is 419 g/mol. The molecule has 10 heteroatoms. The maximum Gasteiger partial charge on any atom is 0.332 e. The number of imidazole rings is 1. The zero-order valence-electron chi connectivity index (χ0n) is 16.6. The zero-order valence-corrected chi connectivity index (χ0v) is 17.4. The second-order valence-electron chi connectivity index (χ2n) is 6.77. The molecule has 9 nitrogen and oxygen atoms in total. The highest BCUT2D eigenvalue weighted by atomic mass is 35.5. The van der Waals surface area contributed by atoms with Crippen molar-refractivity contribution in [1.82, 2.24) is 23.6 Å². The number of hydrogen-bond acceptors (Lipinski definition) is 5. The van der Waals surface area contributed by atoms with Crippen LogP contribution in [0.25, 0.3) is 11.2 Å². The number of likely N-dealkylation sites (N-methyl/N-ethyl adjacent to an activating group) is 1. The summed E-state index contributed by atoms with van der Waals surface area (Å²) in [6.45, 7) is 2.34. The van der Waals surface area contributed by atoms with Crippen molar-refractivity contribution >= 4 is 28.7 Å². The summed E-state index contributed by atoms with van der Waals surface area (Å²) in [6.07, 6.45) is 1.41. The number of aryl methyl sites for hydroxylation is 1. The summed E-state index contributed by atoms with van der Waals surface area (Å²) in [4.78, 5) is 43.2. The van der Waals surface area contributed by atoms with Crippen molar-refractivity contribution in [3.8, 4) is 5.75 Å². The molecule has 0 N–H and O–H groups in total. The maximum absolute atomic E-state index is 12.8. The average Bonchev–Trinajstić information content (AvgIpc) is 3.16. The van der Waals surface area contributed by atoms with Gasteiger partial charge in [0.05, 0.1) is 12.9 Å². The highest BCUT2D eigenvalue weighted by Gasteiger charge is 2.24. The third-order valence-electron chi connectivity index (χ3n) is 4.83. The van der Waals surface area contributed by atoms with Gasteiger partial charge in [-0.2, -0.15) is 0 Å². The summed E-state index contributed by atoms with van der Waals surface area (Å²) in [6, 6.07) is 6.29. The molecule has 0 aliphatic heterocycles. The van der Waals surface area contributed by atoms with Crippen LogP contribution < -0.4 is 16.0 Å². The van der Waals surface area contributed by atoms with E-state index in [1.807, 2.05) is 0 Å². The Labute approximate surface area is 171 Å². The topological polar surface area (TPSA) is 91.4 Å². The number of amides is 1. The summed E-state index contributed by atoms with van der Waals surface area (Å²) in [5.41, 5.74) is -0.509.